The van der Waals surface area contributed by atoms with E-state index in [0.29, 0.717) is 6.61 Å². The van der Waals surface area contributed by atoms with Gasteiger partial charge in [-0.05, 0) is 62.6 Å². The van der Waals surface area contributed by atoms with E-state index in [1.54, 1.807) is 31.3 Å². The van der Waals surface area contributed by atoms with Gasteiger partial charge >= 0.3 is 0 Å². The van der Waals surface area contributed by atoms with Crippen molar-refractivity contribution in [1.29, 1.82) is 0 Å². The second-order valence-electron chi connectivity index (χ2n) is 8.57. The van der Waals surface area contributed by atoms with Gasteiger partial charge in [0.1, 0.15) is 11.6 Å². The zero-order valence-electron chi connectivity index (χ0n) is 19.9. The first kappa shape index (κ1) is 24.0. The molecule has 0 unspecified atom stereocenters. The second-order valence-corrected chi connectivity index (χ2v) is 10.6. The fourth-order valence-electron chi connectivity index (χ4n) is 4.07. The first-order chi connectivity index (χ1) is 16.4. The Labute approximate surface area is 201 Å². The van der Waals surface area contributed by atoms with Crippen molar-refractivity contribution in [2.75, 3.05) is 13.7 Å². The molecule has 0 N–H and O–H groups in total. The van der Waals surface area contributed by atoms with Crippen molar-refractivity contribution < 1.29 is 13.2 Å². The molecule has 1 aromatic heterocycles. The summed E-state index contributed by atoms with van der Waals surface area (Å²) in [6.07, 6.45) is 1.78. The highest BCUT2D eigenvalue weighted by Crippen LogP contribution is 2.22. The lowest BCUT2D eigenvalue weighted by atomic mass is 10.1. The normalized spacial score (nSPS) is 11.9. The van der Waals surface area contributed by atoms with Gasteiger partial charge in [-0.25, -0.2) is 13.4 Å². The lowest BCUT2D eigenvalue weighted by Gasteiger charge is -2.18. The summed E-state index contributed by atoms with van der Waals surface area (Å²) in [5, 5.41) is 0. The Morgan fingerprint density at radius 2 is 1.68 bits per heavy atom. The number of ether oxygens (including phenoxy) is 1. The Morgan fingerprint density at radius 3 is 2.44 bits per heavy atom. The monoisotopic (exact) mass is 477 g/mol. The van der Waals surface area contributed by atoms with Gasteiger partial charge in [-0.2, -0.15) is 4.31 Å². The van der Waals surface area contributed by atoms with E-state index < -0.39 is 10.0 Å². The van der Waals surface area contributed by atoms with Gasteiger partial charge in [-0.15, -0.1) is 0 Å². The van der Waals surface area contributed by atoms with Crippen LogP contribution in [0.5, 0.6) is 5.75 Å². The van der Waals surface area contributed by atoms with Crippen LogP contribution in [0.25, 0.3) is 11.0 Å². The molecular weight excluding hydrogens is 446 g/mol. The first-order valence-electron chi connectivity index (χ1n) is 11.5. The Kier molecular flexibility index (Phi) is 7.34. The van der Waals surface area contributed by atoms with Crippen LogP contribution in [0.1, 0.15) is 29.8 Å². The van der Waals surface area contributed by atoms with E-state index in [0.717, 1.165) is 47.6 Å². The summed E-state index contributed by atoms with van der Waals surface area (Å²) in [5.41, 5.74) is 4.25. The van der Waals surface area contributed by atoms with Crippen LogP contribution in [0.3, 0.4) is 0 Å². The zero-order chi connectivity index (χ0) is 24.1. The number of para-hydroxylation sites is 2. The quantitative estimate of drug-likeness (QED) is 0.290. The van der Waals surface area contributed by atoms with Crippen molar-refractivity contribution in [3.05, 3.63) is 89.7 Å². The topological polar surface area (TPSA) is 64.4 Å². The van der Waals surface area contributed by atoms with Gasteiger partial charge in [0.25, 0.3) is 0 Å². The van der Waals surface area contributed by atoms with E-state index in [4.69, 9.17) is 9.72 Å². The largest absolute Gasteiger partial charge is 0.493 e. The minimum Gasteiger partial charge on any atom is -0.493 e. The molecule has 0 spiro atoms. The Hall–Kier alpha value is -3.16. The number of aryl methyl sites for hydroxylation is 3. The van der Waals surface area contributed by atoms with Crippen LogP contribution < -0.4 is 4.74 Å². The molecule has 0 fully saturated rings. The SMILES string of the molecule is Cc1ccc(OCCCCn2c(CN(C)S(=O)(=O)c3ccccc3)nc3ccccc32)c(C)c1. The van der Waals surface area contributed by atoms with E-state index in [2.05, 4.69) is 30.5 Å². The molecule has 34 heavy (non-hydrogen) atoms. The molecule has 3 aromatic carbocycles. The fourth-order valence-corrected chi connectivity index (χ4v) is 5.21. The number of imidazole rings is 1. The molecule has 0 aliphatic heterocycles. The maximum atomic E-state index is 13.0. The molecule has 4 rings (SSSR count). The van der Waals surface area contributed by atoms with Gasteiger partial charge < -0.3 is 9.30 Å². The minimum atomic E-state index is -3.60. The summed E-state index contributed by atoms with van der Waals surface area (Å²) in [6, 6.07) is 22.6. The average molecular weight is 478 g/mol. The highest BCUT2D eigenvalue weighted by Gasteiger charge is 2.23. The summed E-state index contributed by atoms with van der Waals surface area (Å²) in [5.74, 6) is 1.66. The molecule has 1 heterocycles. The van der Waals surface area contributed by atoms with Crippen LogP contribution in [0.2, 0.25) is 0 Å². The van der Waals surface area contributed by atoms with Crippen molar-refractivity contribution in [1.82, 2.24) is 13.9 Å². The van der Waals surface area contributed by atoms with E-state index in [9.17, 15) is 8.42 Å². The molecule has 0 radical (unpaired) electrons. The number of unbranched alkanes of at least 4 members (excludes halogenated alkanes) is 1. The van der Waals surface area contributed by atoms with Crippen molar-refractivity contribution in [3.8, 4) is 5.75 Å². The molecule has 6 nitrogen and oxygen atoms in total. The van der Waals surface area contributed by atoms with Crippen molar-refractivity contribution in [2.24, 2.45) is 0 Å². The summed E-state index contributed by atoms with van der Waals surface area (Å²) in [6.45, 7) is 5.71. The third kappa shape index (κ3) is 5.32. The number of rotatable bonds is 10. The molecule has 0 aliphatic carbocycles. The van der Waals surface area contributed by atoms with E-state index >= 15 is 0 Å². The van der Waals surface area contributed by atoms with Crippen molar-refractivity contribution >= 4 is 21.1 Å². The Bertz CT molecular complexity index is 1360. The predicted octanol–water partition coefficient (Wildman–Crippen LogP) is 5.33. The molecule has 0 saturated carbocycles. The molecule has 0 atom stereocenters. The number of hydrogen-bond donors (Lipinski definition) is 0. The Balaban J connectivity index is 1.45. The lowest BCUT2D eigenvalue weighted by Crippen LogP contribution is -2.28. The standard InChI is InChI=1S/C27H31N3O3S/c1-21-15-16-26(22(2)19-21)33-18-10-9-17-30-25-14-8-7-13-24(25)28-27(30)20-29(3)34(31,32)23-11-5-4-6-12-23/h4-8,11-16,19H,9-10,17-18,20H2,1-3H3. The van der Waals surface area contributed by atoms with Crippen LogP contribution >= 0.6 is 0 Å². The maximum absolute atomic E-state index is 13.0. The molecule has 178 valence electrons. The number of fused-ring (bicyclic) bond motifs is 1. The number of aromatic nitrogens is 2. The number of benzene rings is 3. The van der Waals surface area contributed by atoms with Gasteiger partial charge in [0.15, 0.2) is 0 Å². The van der Waals surface area contributed by atoms with Gasteiger partial charge in [-0.1, -0.05) is 48.0 Å². The van der Waals surface area contributed by atoms with E-state index in [1.807, 2.05) is 36.4 Å². The van der Waals surface area contributed by atoms with Crippen LogP contribution in [0, 0.1) is 13.8 Å². The van der Waals surface area contributed by atoms with E-state index in [-0.39, 0.29) is 11.4 Å². The molecule has 7 heteroatoms. The van der Waals surface area contributed by atoms with E-state index in [1.165, 1.54) is 9.87 Å². The minimum absolute atomic E-state index is 0.199. The first-order valence-corrected chi connectivity index (χ1v) is 13.0. The predicted molar refractivity (Wildman–Crippen MR) is 135 cm³/mol. The third-order valence-corrected chi connectivity index (χ3v) is 7.73. The molecule has 4 aromatic rings. The molecule has 0 aliphatic rings. The fraction of sp³-hybridized carbons (Fsp3) is 0.296. The van der Waals surface area contributed by atoms with Gasteiger partial charge in [0.2, 0.25) is 10.0 Å². The molecule has 0 bridgehead atoms. The highest BCUT2D eigenvalue weighted by molar-refractivity contribution is 7.89. The third-order valence-electron chi connectivity index (χ3n) is 5.91. The number of nitrogens with zero attached hydrogens (tertiary/aromatic N) is 3. The number of sulfonamides is 1. The van der Waals surface area contributed by atoms with Gasteiger partial charge in [-0.3, -0.25) is 0 Å². The Morgan fingerprint density at radius 1 is 0.941 bits per heavy atom. The summed E-state index contributed by atoms with van der Waals surface area (Å²) in [4.78, 5) is 5.03. The van der Waals surface area contributed by atoms with Crippen LogP contribution in [-0.4, -0.2) is 35.9 Å². The smallest absolute Gasteiger partial charge is 0.243 e. The number of hydrogen-bond acceptors (Lipinski definition) is 4. The zero-order valence-corrected chi connectivity index (χ0v) is 20.8. The summed E-state index contributed by atoms with van der Waals surface area (Å²) < 4.78 is 35.5. The maximum Gasteiger partial charge on any atom is 0.243 e. The van der Waals surface area contributed by atoms with Crippen LogP contribution in [-0.2, 0) is 23.1 Å². The molecule has 0 saturated heterocycles. The van der Waals surface area contributed by atoms with Crippen molar-refractivity contribution in [2.45, 2.75) is 44.7 Å². The summed E-state index contributed by atoms with van der Waals surface area (Å²) >= 11 is 0. The van der Waals surface area contributed by atoms with Gasteiger partial charge in [0, 0.05) is 13.6 Å². The molecule has 0 amide bonds. The second kappa shape index (κ2) is 10.4. The van der Waals surface area contributed by atoms with Crippen molar-refractivity contribution in [3.63, 3.8) is 0 Å². The lowest BCUT2D eigenvalue weighted by molar-refractivity contribution is 0.301. The highest BCUT2D eigenvalue weighted by atomic mass is 32.2. The van der Waals surface area contributed by atoms with Crippen LogP contribution in [0.4, 0.5) is 0 Å². The molecular formula is C27H31N3O3S. The summed E-state index contributed by atoms with van der Waals surface area (Å²) in [7, 11) is -2.00. The van der Waals surface area contributed by atoms with Crippen LogP contribution in [0.15, 0.2) is 77.7 Å². The van der Waals surface area contributed by atoms with Gasteiger partial charge in [0.05, 0.1) is 29.1 Å². The average Bonchev–Trinajstić information content (AvgIpc) is 3.17.